The third-order valence-electron chi connectivity index (χ3n) is 10.5. The Bertz CT molecular complexity index is 896. The Kier molecular flexibility index (Phi) is 37.3. The summed E-state index contributed by atoms with van der Waals surface area (Å²) in [5, 5.41) is 13.8. The first kappa shape index (κ1) is 53.2. The molecule has 0 aliphatic rings. The lowest BCUT2D eigenvalue weighted by Crippen LogP contribution is -2.45. The predicted molar refractivity (Wildman–Crippen MR) is 229 cm³/mol. The zero-order valence-corrected chi connectivity index (χ0v) is 37.3. The van der Waals surface area contributed by atoms with Gasteiger partial charge in [0.2, 0.25) is 5.91 Å². The maximum atomic E-state index is 12.8. The van der Waals surface area contributed by atoms with E-state index in [0.717, 1.165) is 38.5 Å². The van der Waals surface area contributed by atoms with Crippen LogP contribution in [0, 0.1) is 0 Å². The summed E-state index contributed by atoms with van der Waals surface area (Å²) in [6.07, 6.45) is 42.5. The molecule has 0 aromatic carbocycles. The number of phosphoric ester groups is 1. The molecular weight excluding hydrogens is 695 g/mol. The molecule has 0 rings (SSSR count). The molecule has 0 aliphatic carbocycles. The van der Waals surface area contributed by atoms with E-state index < -0.39 is 20.0 Å². The molecule has 3 unspecified atom stereocenters. The van der Waals surface area contributed by atoms with Gasteiger partial charge in [-0.3, -0.25) is 9.36 Å². The maximum Gasteiger partial charge on any atom is 0.268 e. The molecule has 8 nitrogen and oxygen atoms in total. The average Bonchev–Trinajstić information content (AvgIpc) is 3.12. The highest BCUT2D eigenvalue weighted by Gasteiger charge is 2.23. The molecule has 3 atom stereocenters. The van der Waals surface area contributed by atoms with Crippen LogP contribution in [0.2, 0.25) is 0 Å². The molecule has 0 spiro atoms. The van der Waals surface area contributed by atoms with E-state index in [1.165, 1.54) is 161 Å². The Labute approximate surface area is 335 Å². The first-order chi connectivity index (χ1) is 26.0. The first-order valence-corrected chi connectivity index (χ1v) is 24.5. The van der Waals surface area contributed by atoms with E-state index in [1.54, 1.807) is 6.08 Å². The summed E-state index contributed by atoms with van der Waals surface area (Å²) < 4.78 is 23.2. The second kappa shape index (κ2) is 37.8. The van der Waals surface area contributed by atoms with E-state index in [4.69, 9.17) is 9.05 Å². The summed E-state index contributed by atoms with van der Waals surface area (Å²) >= 11 is 0. The van der Waals surface area contributed by atoms with Crippen LogP contribution in [0.3, 0.4) is 0 Å². The molecule has 9 heteroatoms. The van der Waals surface area contributed by atoms with Crippen molar-refractivity contribution in [3.05, 3.63) is 12.2 Å². The van der Waals surface area contributed by atoms with Gasteiger partial charge in [0.15, 0.2) is 0 Å². The number of carbonyl (C=O) groups excluding carboxylic acids is 1. The summed E-state index contributed by atoms with van der Waals surface area (Å²) in [6, 6.07) is -0.879. The first-order valence-electron chi connectivity index (χ1n) is 23.1. The van der Waals surface area contributed by atoms with Crippen LogP contribution < -0.4 is 10.2 Å². The Hall–Kier alpha value is -0.760. The number of amides is 1. The van der Waals surface area contributed by atoms with Gasteiger partial charge < -0.3 is 28.8 Å². The zero-order valence-electron chi connectivity index (χ0n) is 36.4. The van der Waals surface area contributed by atoms with Gasteiger partial charge in [-0.1, -0.05) is 206 Å². The highest BCUT2D eigenvalue weighted by Crippen LogP contribution is 2.38. The Morgan fingerprint density at radius 2 is 1.00 bits per heavy atom. The molecule has 0 bridgehead atoms. The molecule has 322 valence electrons. The summed E-state index contributed by atoms with van der Waals surface area (Å²) in [7, 11) is 1.27. The van der Waals surface area contributed by atoms with Gasteiger partial charge in [0.1, 0.15) is 13.2 Å². The van der Waals surface area contributed by atoms with E-state index in [9.17, 15) is 19.4 Å². The Morgan fingerprint density at radius 3 is 1.39 bits per heavy atom. The van der Waals surface area contributed by atoms with Crippen molar-refractivity contribution < 1.29 is 32.9 Å². The SMILES string of the molecule is CCCCCCCCCCCCCCCCC/C=C/C(O)C(COP(=O)([O-])OCC[N+](C)(C)C)NC(=O)CCCCCCCCCCCCCCCCC. The molecule has 2 N–H and O–H groups in total. The zero-order chi connectivity index (χ0) is 40.0. The van der Waals surface area contributed by atoms with Crippen LogP contribution in [-0.2, 0) is 18.4 Å². The van der Waals surface area contributed by atoms with Gasteiger partial charge in [-0.25, -0.2) is 0 Å². The van der Waals surface area contributed by atoms with Gasteiger partial charge in [-0.15, -0.1) is 0 Å². The molecule has 0 aromatic heterocycles. The monoisotopic (exact) mass is 787 g/mol. The fourth-order valence-corrected chi connectivity index (χ4v) is 7.52. The molecular formula is C45H91N2O6P. The van der Waals surface area contributed by atoms with E-state index in [1.807, 2.05) is 27.2 Å². The molecule has 1 amide bonds. The quantitative estimate of drug-likeness (QED) is 0.0276. The number of carbonyl (C=O) groups is 1. The summed E-state index contributed by atoms with van der Waals surface area (Å²) in [5.41, 5.74) is 0. The highest BCUT2D eigenvalue weighted by molar-refractivity contribution is 7.45. The van der Waals surface area contributed by atoms with Crippen molar-refractivity contribution in [3.8, 4) is 0 Å². The van der Waals surface area contributed by atoms with E-state index in [0.29, 0.717) is 17.4 Å². The minimum absolute atomic E-state index is 0.00219. The van der Waals surface area contributed by atoms with Crippen LogP contribution in [0.15, 0.2) is 12.2 Å². The minimum atomic E-state index is -4.58. The number of aliphatic hydroxyl groups excluding tert-OH is 1. The van der Waals surface area contributed by atoms with E-state index >= 15 is 0 Å². The molecule has 0 aromatic rings. The predicted octanol–water partition coefficient (Wildman–Crippen LogP) is 12.1. The lowest BCUT2D eigenvalue weighted by atomic mass is 10.0. The number of nitrogens with zero attached hydrogens (tertiary/aromatic N) is 1. The Morgan fingerprint density at radius 1 is 0.630 bits per heavy atom. The topological polar surface area (TPSA) is 108 Å². The Balaban J connectivity index is 4.38. The highest BCUT2D eigenvalue weighted by atomic mass is 31.2. The van der Waals surface area contributed by atoms with Crippen LogP contribution in [0.25, 0.3) is 0 Å². The number of hydrogen-bond acceptors (Lipinski definition) is 6. The molecule has 0 fully saturated rings. The van der Waals surface area contributed by atoms with Gasteiger partial charge in [-0.05, 0) is 19.3 Å². The molecule has 0 saturated carbocycles. The number of aliphatic hydroxyl groups is 1. The van der Waals surface area contributed by atoms with Crippen molar-refractivity contribution >= 4 is 13.7 Å². The fraction of sp³-hybridized carbons (Fsp3) is 0.933. The molecule has 0 radical (unpaired) electrons. The van der Waals surface area contributed by atoms with Crippen molar-refractivity contribution in [1.82, 2.24) is 5.32 Å². The van der Waals surface area contributed by atoms with Gasteiger partial charge in [0.05, 0.1) is 39.9 Å². The van der Waals surface area contributed by atoms with Crippen molar-refractivity contribution in [2.75, 3.05) is 40.9 Å². The molecule has 54 heavy (non-hydrogen) atoms. The number of unbranched alkanes of at least 4 members (excludes halogenated alkanes) is 29. The lowest BCUT2D eigenvalue weighted by Gasteiger charge is -2.29. The number of hydrogen-bond donors (Lipinski definition) is 2. The number of rotatable bonds is 42. The van der Waals surface area contributed by atoms with Crippen LogP contribution in [-0.4, -0.2) is 68.5 Å². The summed E-state index contributed by atoms with van der Waals surface area (Å²) in [5.74, 6) is -0.195. The fourth-order valence-electron chi connectivity index (χ4n) is 6.80. The van der Waals surface area contributed by atoms with Crippen molar-refractivity contribution in [3.63, 3.8) is 0 Å². The second-order valence-electron chi connectivity index (χ2n) is 17.1. The third kappa shape index (κ3) is 39.5. The standard InChI is InChI=1S/C45H91N2O6P/c1-6-8-10-12-14-16-18-20-22-23-25-26-28-30-32-34-36-38-44(48)43(42-53-54(50,51)52-41-40-47(3,4)5)46-45(49)39-37-35-33-31-29-27-24-21-19-17-15-13-11-9-7-2/h36,38,43-44,48H,6-35,37,39-42H2,1-5H3,(H-,46,49,50,51)/b38-36+. The van der Waals surface area contributed by atoms with Gasteiger partial charge in [0.25, 0.3) is 7.82 Å². The summed E-state index contributed by atoms with van der Waals surface area (Å²) in [6.45, 7) is 4.66. The van der Waals surface area contributed by atoms with Crippen molar-refractivity contribution in [1.29, 1.82) is 0 Å². The number of allylic oxidation sites excluding steroid dienone is 1. The third-order valence-corrected chi connectivity index (χ3v) is 11.5. The second-order valence-corrected chi connectivity index (χ2v) is 18.5. The van der Waals surface area contributed by atoms with Gasteiger partial charge in [0, 0.05) is 6.42 Å². The van der Waals surface area contributed by atoms with Crippen molar-refractivity contribution in [2.45, 2.75) is 231 Å². The van der Waals surface area contributed by atoms with Crippen LogP contribution in [0.5, 0.6) is 0 Å². The summed E-state index contributed by atoms with van der Waals surface area (Å²) in [4.78, 5) is 25.3. The lowest BCUT2D eigenvalue weighted by molar-refractivity contribution is -0.870. The van der Waals surface area contributed by atoms with Gasteiger partial charge in [-0.2, -0.15) is 0 Å². The molecule has 0 aliphatic heterocycles. The number of likely N-dealkylation sites (N-methyl/N-ethyl adjacent to an activating group) is 1. The minimum Gasteiger partial charge on any atom is -0.756 e. The normalized spacial score (nSPS) is 14.4. The van der Waals surface area contributed by atoms with Crippen molar-refractivity contribution in [2.24, 2.45) is 0 Å². The van der Waals surface area contributed by atoms with E-state index in [-0.39, 0.29) is 19.1 Å². The number of phosphoric acid groups is 1. The molecule has 0 heterocycles. The van der Waals surface area contributed by atoms with Gasteiger partial charge >= 0.3 is 0 Å². The molecule has 0 saturated heterocycles. The number of quaternary nitrogens is 1. The average molecular weight is 787 g/mol. The van der Waals surface area contributed by atoms with Crippen LogP contribution in [0.1, 0.15) is 219 Å². The van der Waals surface area contributed by atoms with Crippen LogP contribution in [0.4, 0.5) is 0 Å². The largest absolute Gasteiger partial charge is 0.756 e. The number of nitrogens with one attached hydrogen (secondary N) is 1. The smallest absolute Gasteiger partial charge is 0.268 e. The van der Waals surface area contributed by atoms with Crippen LogP contribution >= 0.6 is 7.82 Å². The maximum absolute atomic E-state index is 12.8. The van der Waals surface area contributed by atoms with E-state index in [2.05, 4.69) is 19.2 Å².